The van der Waals surface area contributed by atoms with Crippen LogP contribution in [0, 0.1) is 0 Å². The Kier molecular flexibility index (Phi) is 4.63. The smallest absolute Gasteiger partial charge is 0.411 e. The van der Waals surface area contributed by atoms with Crippen molar-refractivity contribution < 1.29 is 19.4 Å². The van der Waals surface area contributed by atoms with Gasteiger partial charge in [-0.1, -0.05) is 5.21 Å². The van der Waals surface area contributed by atoms with Crippen LogP contribution in [0.3, 0.4) is 0 Å². The van der Waals surface area contributed by atoms with Gasteiger partial charge >= 0.3 is 12.1 Å². The van der Waals surface area contributed by atoms with Gasteiger partial charge in [-0.3, -0.25) is 9.58 Å². The lowest BCUT2D eigenvalue weighted by molar-refractivity contribution is -0.149. The number of aryl methyl sites for hydroxylation is 1. The molecule has 8 nitrogen and oxygen atoms in total. The molecule has 0 spiro atoms. The molecule has 1 aliphatic rings. The Morgan fingerprint density at radius 1 is 1.43 bits per heavy atom. The molecule has 1 fully saturated rings. The van der Waals surface area contributed by atoms with Crippen molar-refractivity contribution in [3.8, 4) is 0 Å². The van der Waals surface area contributed by atoms with Gasteiger partial charge in [0.05, 0.1) is 5.69 Å². The summed E-state index contributed by atoms with van der Waals surface area (Å²) in [4.78, 5) is 25.7. The Morgan fingerprint density at radius 2 is 2.13 bits per heavy atom. The van der Waals surface area contributed by atoms with Crippen LogP contribution >= 0.6 is 0 Å². The average Bonchev–Trinajstić information content (AvgIpc) is 3.04. The van der Waals surface area contributed by atoms with Crippen LogP contribution in [0.4, 0.5) is 4.79 Å². The number of amides is 1. The molecule has 0 aliphatic carbocycles. The minimum atomic E-state index is -1.32. The fourth-order valence-electron chi connectivity index (χ4n) is 2.82. The molecule has 1 amide bonds. The van der Waals surface area contributed by atoms with Gasteiger partial charge in [-0.05, 0) is 40.5 Å². The molecule has 0 aromatic carbocycles. The first-order valence-electron chi connectivity index (χ1n) is 7.81. The van der Waals surface area contributed by atoms with Crippen molar-refractivity contribution in [2.24, 2.45) is 0 Å². The molecule has 2 rings (SSSR count). The maximum atomic E-state index is 12.4. The molecule has 1 saturated heterocycles. The first kappa shape index (κ1) is 17.2. The zero-order valence-electron chi connectivity index (χ0n) is 14.1. The Labute approximate surface area is 135 Å². The van der Waals surface area contributed by atoms with Gasteiger partial charge in [0.15, 0.2) is 0 Å². The van der Waals surface area contributed by atoms with E-state index in [1.54, 1.807) is 31.6 Å². The predicted octanol–water partition coefficient (Wildman–Crippen LogP) is 1.69. The van der Waals surface area contributed by atoms with Gasteiger partial charge in [-0.25, -0.2) is 9.59 Å². The summed E-state index contributed by atoms with van der Waals surface area (Å²) in [5, 5.41) is 17.8. The Balaban J connectivity index is 2.27. The van der Waals surface area contributed by atoms with E-state index in [-0.39, 0.29) is 6.42 Å². The number of ether oxygens (including phenoxy) is 1. The third-order valence-electron chi connectivity index (χ3n) is 3.88. The lowest BCUT2D eigenvalue weighted by atomic mass is 9.91. The molecule has 8 heteroatoms. The number of carboxylic acid groups (broad SMARTS) is 1. The van der Waals surface area contributed by atoms with Gasteiger partial charge in [-0.2, -0.15) is 0 Å². The highest BCUT2D eigenvalue weighted by atomic mass is 16.6. The normalized spacial score (nSPS) is 21.5. The molecule has 128 valence electrons. The number of carbonyl (C=O) groups excluding carboxylic acids is 1. The highest BCUT2D eigenvalue weighted by Gasteiger charge is 2.51. The monoisotopic (exact) mass is 324 g/mol. The third-order valence-corrected chi connectivity index (χ3v) is 3.88. The number of rotatable bonds is 4. The molecule has 1 aliphatic heterocycles. The Bertz CT molecular complexity index is 593. The number of hydrogen-bond acceptors (Lipinski definition) is 5. The summed E-state index contributed by atoms with van der Waals surface area (Å²) in [6.45, 7) is 8.22. The highest BCUT2D eigenvalue weighted by Crippen LogP contribution is 2.34. The number of carboxylic acids is 1. The van der Waals surface area contributed by atoms with E-state index in [4.69, 9.17) is 4.74 Å². The number of nitrogens with zero attached hydrogens (tertiary/aromatic N) is 4. The first-order valence-corrected chi connectivity index (χ1v) is 7.81. The molecule has 2 heterocycles. The summed E-state index contributed by atoms with van der Waals surface area (Å²) in [5.41, 5.74) is -1.43. The number of hydrogen-bond donors (Lipinski definition) is 1. The van der Waals surface area contributed by atoms with Crippen LogP contribution in [0.2, 0.25) is 0 Å². The van der Waals surface area contributed by atoms with E-state index in [9.17, 15) is 14.7 Å². The van der Waals surface area contributed by atoms with Crippen LogP contribution < -0.4 is 0 Å². The second-order valence-electron chi connectivity index (χ2n) is 6.81. The molecule has 1 atom stereocenters. The van der Waals surface area contributed by atoms with E-state index in [1.807, 2.05) is 6.92 Å². The minimum absolute atomic E-state index is 0.127. The van der Waals surface area contributed by atoms with Gasteiger partial charge in [0.1, 0.15) is 11.1 Å². The molecule has 1 N–H and O–H groups in total. The molecular formula is C15H24N4O4. The quantitative estimate of drug-likeness (QED) is 0.905. The van der Waals surface area contributed by atoms with Crippen molar-refractivity contribution in [3.63, 3.8) is 0 Å². The lowest BCUT2D eigenvalue weighted by Crippen LogP contribution is -2.55. The largest absolute Gasteiger partial charge is 0.479 e. The van der Waals surface area contributed by atoms with E-state index in [0.717, 1.165) is 0 Å². The van der Waals surface area contributed by atoms with Gasteiger partial charge in [0.2, 0.25) is 0 Å². The van der Waals surface area contributed by atoms with Crippen LogP contribution in [0.5, 0.6) is 0 Å². The molecule has 0 radical (unpaired) electrons. The Morgan fingerprint density at radius 3 is 2.65 bits per heavy atom. The molecule has 0 bridgehead atoms. The third kappa shape index (κ3) is 3.62. The number of aliphatic carboxylic acids is 1. The second kappa shape index (κ2) is 6.17. The van der Waals surface area contributed by atoms with Crippen molar-refractivity contribution in [3.05, 3.63) is 11.9 Å². The van der Waals surface area contributed by atoms with Crippen LogP contribution in [-0.4, -0.2) is 54.7 Å². The van der Waals surface area contributed by atoms with Crippen LogP contribution in [0.15, 0.2) is 6.20 Å². The predicted molar refractivity (Wildman–Crippen MR) is 81.9 cm³/mol. The topological polar surface area (TPSA) is 97.6 Å². The van der Waals surface area contributed by atoms with Crippen molar-refractivity contribution in [2.45, 2.75) is 64.6 Å². The molecule has 1 aromatic rings. The molecule has 1 aromatic heterocycles. The SMILES string of the molecule is CCn1cc(C[C@@]2(C(=O)O)CCCN2C(=O)OC(C)(C)C)nn1. The zero-order valence-corrected chi connectivity index (χ0v) is 14.1. The van der Waals surface area contributed by atoms with Gasteiger partial charge in [0, 0.05) is 25.7 Å². The second-order valence-corrected chi connectivity index (χ2v) is 6.81. The molecule has 0 saturated carbocycles. The Hall–Kier alpha value is -2.12. The van der Waals surface area contributed by atoms with Crippen molar-refractivity contribution in [2.75, 3.05) is 6.54 Å². The summed E-state index contributed by atoms with van der Waals surface area (Å²) < 4.78 is 7.01. The van der Waals surface area contributed by atoms with Crippen molar-refractivity contribution in [1.29, 1.82) is 0 Å². The van der Waals surface area contributed by atoms with Crippen LogP contribution in [-0.2, 0) is 22.5 Å². The summed E-state index contributed by atoms with van der Waals surface area (Å²) in [5.74, 6) is -1.04. The lowest BCUT2D eigenvalue weighted by Gasteiger charge is -2.35. The van der Waals surface area contributed by atoms with Gasteiger partial charge < -0.3 is 9.84 Å². The van der Waals surface area contributed by atoms with E-state index in [0.29, 0.717) is 31.6 Å². The number of aromatic nitrogens is 3. The molecule has 0 unspecified atom stereocenters. The standard InChI is InChI=1S/C15H24N4O4/c1-5-18-10-11(16-17-18)9-15(12(20)21)7-6-8-19(15)13(22)23-14(2,3)4/h10H,5-9H2,1-4H3,(H,20,21)/t15-/m1/s1. The van der Waals surface area contributed by atoms with E-state index < -0.39 is 23.2 Å². The highest BCUT2D eigenvalue weighted by molar-refractivity contribution is 5.85. The van der Waals surface area contributed by atoms with Crippen LogP contribution in [0.25, 0.3) is 0 Å². The zero-order chi connectivity index (χ0) is 17.3. The van der Waals surface area contributed by atoms with E-state index in [1.165, 1.54) is 4.90 Å². The summed E-state index contributed by atoms with van der Waals surface area (Å²) in [6.07, 6.45) is 2.24. The van der Waals surface area contributed by atoms with E-state index in [2.05, 4.69) is 10.3 Å². The van der Waals surface area contributed by atoms with Gasteiger partial charge in [-0.15, -0.1) is 5.10 Å². The average molecular weight is 324 g/mol. The summed E-state index contributed by atoms with van der Waals surface area (Å²) in [7, 11) is 0. The van der Waals surface area contributed by atoms with Crippen molar-refractivity contribution in [1.82, 2.24) is 19.9 Å². The summed E-state index contributed by atoms with van der Waals surface area (Å²) >= 11 is 0. The molecule has 23 heavy (non-hydrogen) atoms. The maximum Gasteiger partial charge on any atom is 0.411 e. The summed E-state index contributed by atoms with van der Waals surface area (Å²) in [6, 6.07) is 0. The number of likely N-dealkylation sites (tertiary alicyclic amines) is 1. The fraction of sp³-hybridized carbons (Fsp3) is 0.733. The number of carbonyl (C=O) groups is 2. The fourth-order valence-corrected chi connectivity index (χ4v) is 2.82. The van der Waals surface area contributed by atoms with E-state index >= 15 is 0 Å². The van der Waals surface area contributed by atoms with Crippen LogP contribution in [0.1, 0.15) is 46.2 Å². The maximum absolute atomic E-state index is 12.4. The minimum Gasteiger partial charge on any atom is -0.479 e. The van der Waals surface area contributed by atoms with Crippen molar-refractivity contribution >= 4 is 12.1 Å². The molecular weight excluding hydrogens is 300 g/mol. The first-order chi connectivity index (χ1) is 10.7. The van der Waals surface area contributed by atoms with Gasteiger partial charge in [0.25, 0.3) is 0 Å².